The van der Waals surface area contributed by atoms with E-state index in [1.807, 2.05) is 13.1 Å². The Labute approximate surface area is 98.7 Å². The second-order valence-corrected chi connectivity index (χ2v) is 4.41. The molecule has 1 heterocycles. The Morgan fingerprint density at radius 3 is 2.44 bits per heavy atom. The van der Waals surface area contributed by atoms with Gasteiger partial charge in [-0.15, -0.1) is 5.10 Å². The Bertz CT molecular complexity index is 282. The third-order valence-corrected chi connectivity index (χ3v) is 2.91. The molecule has 0 saturated heterocycles. The highest BCUT2D eigenvalue weighted by Gasteiger charge is 2.12. The standard InChI is InChI=1S/C13H23N3/c1-4-6-7-9-12(8-5-2)13-10-14-11(3)15-16-13/h10,12H,4-9H2,1-3H3. The zero-order valence-electron chi connectivity index (χ0n) is 10.7. The summed E-state index contributed by atoms with van der Waals surface area (Å²) in [5, 5.41) is 8.31. The van der Waals surface area contributed by atoms with Gasteiger partial charge in [-0.3, -0.25) is 0 Å². The maximum Gasteiger partial charge on any atom is 0.147 e. The lowest BCUT2D eigenvalue weighted by atomic mass is 9.94. The third-order valence-electron chi connectivity index (χ3n) is 2.91. The van der Waals surface area contributed by atoms with E-state index in [-0.39, 0.29) is 0 Å². The molecule has 3 nitrogen and oxygen atoms in total. The second kappa shape index (κ2) is 7.31. The quantitative estimate of drug-likeness (QED) is 0.660. The summed E-state index contributed by atoms with van der Waals surface area (Å²) in [6.45, 7) is 6.34. The molecule has 0 saturated carbocycles. The van der Waals surface area contributed by atoms with Crippen LogP contribution in [0.3, 0.4) is 0 Å². The van der Waals surface area contributed by atoms with Crippen LogP contribution in [0.4, 0.5) is 0 Å². The number of hydrogen-bond acceptors (Lipinski definition) is 3. The van der Waals surface area contributed by atoms with Crippen molar-refractivity contribution in [3.8, 4) is 0 Å². The van der Waals surface area contributed by atoms with Crippen molar-refractivity contribution in [3.63, 3.8) is 0 Å². The fraction of sp³-hybridized carbons (Fsp3) is 0.769. The molecule has 1 rings (SSSR count). The molecule has 1 atom stereocenters. The van der Waals surface area contributed by atoms with E-state index < -0.39 is 0 Å². The highest BCUT2D eigenvalue weighted by atomic mass is 15.1. The molecule has 0 fully saturated rings. The first-order valence-electron chi connectivity index (χ1n) is 6.44. The lowest BCUT2D eigenvalue weighted by Gasteiger charge is -2.14. The van der Waals surface area contributed by atoms with Crippen LogP contribution in [0.25, 0.3) is 0 Å². The molecule has 16 heavy (non-hydrogen) atoms. The minimum absolute atomic E-state index is 0.553. The van der Waals surface area contributed by atoms with Gasteiger partial charge in [0.25, 0.3) is 0 Å². The van der Waals surface area contributed by atoms with Gasteiger partial charge in [0.15, 0.2) is 0 Å². The normalized spacial score (nSPS) is 12.7. The minimum Gasteiger partial charge on any atom is -0.238 e. The van der Waals surface area contributed by atoms with Crippen LogP contribution in [-0.2, 0) is 0 Å². The van der Waals surface area contributed by atoms with Crippen LogP contribution >= 0.6 is 0 Å². The topological polar surface area (TPSA) is 38.7 Å². The van der Waals surface area contributed by atoms with Gasteiger partial charge in [-0.05, 0) is 19.8 Å². The van der Waals surface area contributed by atoms with Crippen molar-refractivity contribution in [1.29, 1.82) is 0 Å². The molecule has 0 amide bonds. The zero-order valence-corrected chi connectivity index (χ0v) is 10.7. The van der Waals surface area contributed by atoms with Gasteiger partial charge in [0, 0.05) is 5.92 Å². The molecule has 0 aliphatic rings. The molecule has 0 N–H and O–H groups in total. The summed E-state index contributed by atoms with van der Waals surface area (Å²) in [5.74, 6) is 1.31. The van der Waals surface area contributed by atoms with Gasteiger partial charge in [0.2, 0.25) is 0 Å². The van der Waals surface area contributed by atoms with Crippen LogP contribution in [0.2, 0.25) is 0 Å². The monoisotopic (exact) mass is 221 g/mol. The van der Waals surface area contributed by atoms with E-state index in [9.17, 15) is 0 Å². The van der Waals surface area contributed by atoms with Crippen LogP contribution in [0.1, 0.15) is 69.8 Å². The van der Waals surface area contributed by atoms with Crippen LogP contribution in [0.15, 0.2) is 6.20 Å². The molecule has 0 spiro atoms. The predicted octanol–water partition coefficient (Wildman–Crippen LogP) is 3.64. The molecule has 0 aromatic carbocycles. The first-order chi connectivity index (χ1) is 7.77. The van der Waals surface area contributed by atoms with Crippen molar-refractivity contribution in [2.75, 3.05) is 0 Å². The molecule has 0 aliphatic carbocycles. The van der Waals surface area contributed by atoms with E-state index in [0.717, 1.165) is 11.5 Å². The lowest BCUT2D eigenvalue weighted by Crippen LogP contribution is -2.05. The van der Waals surface area contributed by atoms with Gasteiger partial charge >= 0.3 is 0 Å². The summed E-state index contributed by atoms with van der Waals surface area (Å²) < 4.78 is 0. The second-order valence-electron chi connectivity index (χ2n) is 4.41. The van der Waals surface area contributed by atoms with Gasteiger partial charge in [-0.2, -0.15) is 5.10 Å². The smallest absolute Gasteiger partial charge is 0.147 e. The van der Waals surface area contributed by atoms with Crippen LogP contribution in [-0.4, -0.2) is 15.2 Å². The van der Waals surface area contributed by atoms with Crippen molar-refractivity contribution >= 4 is 0 Å². The molecule has 1 aromatic heterocycles. The number of aryl methyl sites for hydroxylation is 1. The number of unbranched alkanes of at least 4 members (excludes halogenated alkanes) is 2. The molecule has 1 unspecified atom stereocenters. The predicted molar refractivity (Wildman–Crippen MR) is 66.4 cm³/mol. The molecular formula is C13H23N3. The van der Waals surface area contributed by atoms with Gasteiger partial charge in [-0.1, -0.05) is 39.5 Å². The largest absolute Gasteiger partial charge is 0.238 e. The summed E-state index contributed by atoms with van der Waals surface area (Å²) in [7, 11) is 0. The van der Waals surface area contributed by atoms with E-state index in [4.69, 9.17) is 0 Å². The van der Waals surface area contributed by atoms with Gasteiger partial charge in [0.05, 0.1) is 11.9 Å². The molecule has 1 aromatic rings. The maximum absolute atomic E-state index is 4.26. The number of nitrogens with zero attached hydrogens (tertiary/aromatic N) is 3. The Morgan fingerprint density at radius 1 is 1.06 bits per heavy atom. The van der Waals surface area contributed by atoms with E-state index in [0.29, 0.717) is 5.92 Å². The number of hydrogen-bond donors (Lipinski definition) is 0. The van der Waals surface area contributed by atoms with E-state index in [1.54, 1.807) is 0 Å². The SMILES string of the molecule is CCCCCC(CCC)c1cnc(C)nn1. The van der Waals surface area contributed by atoms with Crippen molar-refractivity contribution in [1.82, 2.24) is 15.2 Å². The fourth-order valence-corrected chi connectivity index (χ4v) is 1.96. The summed E-state index contributed by atoms with van der Waals surface area (Å²) in [6.07, 6.45) is 9.39. The Morgan fingerprint density at radius 2 is 1.88 bits per heavy atom. The molecule has 90 valence electrons. The molecular weight excluding hydrogens is 198 g/mol. The van der Waals surface area contributed by atoms with Gasteiger partial charge < -0.3 is 0 Å². The molecule has 3 heteroatoms. The Hall–Kier alpha value is -0.990. The first kappa shape index (κ1) is 13.1. The van der Waals surface area contributed by atoms with Crippen molar-refractivity contribution in [2.24, 2.45) is 0 Å². The highest BCUT2D eigenvalue weighted by molar-refractivity contribution is 5.02. The summed E-state index contributed by atoms with van der Waals surface area (Å²) in [5.41, 5.74) is 1.07. The van der Waals surface area contributed by atoms with Crippen LogP contribution in [0, 0.1) is 6.92 Å². The van der Waals surface area contributed by atoms with E-state index >= 15 is 0 Å². The Kier molecular flexibility index (Phi) is 5.98. The zero-order chi connectivity index (χ0) is 11.8. The van der Waals surface area contributed by atoms with Crippen molar-refractivity contribution < 1.29 is 0 Å². The van der Waals surface area contributed by atoms with Crippen molar-refractivity contribution in [2.45, 2.75) is 65.2 Å². The van der Waals surface area contributed by atoms with Gasteiger partial charge in [-0.25, -0.2) is 4.98 Å². The van der Waals surface area contributed by atoms with E-state index in [1.165, 1.54) is 38.5 Å². The van der Waals surface area contributed by atoms with Gasteiger partial charge in [0.1, 0.15) is 5.82 Å². The fourth-order valence-electron chi connectivity index (χ4n) is 1.96. The molecule has 0 bridgehead atoms. The third kappa shape index (κ3) is 4.25. The summed E-state index contributed by atoms with van der Waals surface area (Å²) in [4.78, 5) is 4.24. The first-order valence-corrected chi connectivity index (χ1v) is 6.44. The highest BCUT2D eigenvalue weighted by Crippen LogP contribution is 2.24. The van der Waals surface area contributed by atoms with Crippen molar-refractivity contribution in [3.05, 3.63) is 17.7 Å². The number of rotatable bonds is 7. The van der Waals surface area contributed by atoms with Crippen LogP contribution in [0.5, 0.6) is 0 Å². The lowest BCUT2D eigenvalue weighted by molar-refractivity contribution is 0.511. The van der Waals surface area contributed by atoms with E-state index in [2.05, 4.69) is 29.0 Å². The van der Waals surface area contributed by atoms with Crippen LogP contribution < -0.4 is 0 Å². The average Bonchev–Trinajstić information content (AvgIpc) is 2.29. The summed E-state index contributed by atoms with van der Waals surface area (Å²) >= 11 is 0. The summed E-state index contributed by atoms with van der Waals surface area (Å²) in [6, 6.07) is 0. The minimum atomic E-state index is 0.553. The number of aromatic nitrogens is 3. The molecule has 0 radical (unpaired) electrons. The molecule has 0 aliphatic heterocycles. The average molecular weight is 221 g/mol. The Balaban J connectivity index is 2.57. The maximum atomic E-state index is 4.26.